The molecule has 0 aliphatic heterocycles. The van der Waals surface area contributed by atoms with Gasteiger partial charge in [0, 0.05) is 7.05 Å². The second kappa shape index (κ2) is 6.72. The molecule has 0 atom stereocenters. The minimum absolute atomic E-state index is 0.0422. The van der Waals surface area contributed by atoms with Gasteiger partial charge in [0.15, 0.2) is 12.4 Å². The Morgan fingerprint density at radius 2 is 2.04 bits per heavy atom. The average Bonchev–Trinajstić information content (AvgIpc) is 3.08. The van der Waals surface area contributed by atoms with Gasteiger partial charge in [-0.1, -0.05) is 29.3 Å². The molecular formula is C19H14ClFN4O3. The van der Waals surface area contributed by atoms with Crippen molar-refractivity contribution < 1.29 is 13.9 Å². The molecule has 0 saturated carbocycles. The molecule has 142 valence electrons. The van der Waals surface area contributed by atoms with Crippen LogP contribution in [0, 0.1) is 12.7 Å². The molecular weight excluding hydrogens is 387 g/mol. The van der Waals surface area contributed by atoms with Crippen molar-refractivity contribution in [2.75, 3.05) is 0 Å². The van der Waals surface area contributed by atoms with Crippen LogP contribution in [0.3, 0.4) is 0 Å². The number of hydrogen-bond donors (Lipinski definition) is 0. The number of aromatic nitrogens is 4. The second-order valence-corrected chi connectivity index (χ2v) is 6.72. The number of carbonyl (C=O) groups is 1. The van der Waals surface area contributed by atoms with E-state index in [4.69, 9.17) is 16.3 Å². The zero-order valence-corrected chi connectivity index (χ0v) is 15.7. The van der Waals surface area contributed by atoms with E-state index in [9.17, 15) is 14.0 Å². The van der Waals surface area contributed by atoms with Crippen molar-refractivity contribution in [3.05, 3.63) is 74.5 Å². The molecule has 0 spiro atoms. The van der Waals surface area contributed by atoms with Gasteiger partial charge in [0.25, 0.3) is 5.56 Å². The largest absolute Gasteiger partial charge is 0.454 e. The monoisotopic (exact) mass is 400 g/mol. The molecule has 0 amide bonds. The molecule has 7 nitrogen and oxygen atoms in total. The van der Waals surface area contributed by atoms with Crippen LogP contribution in [0.2, 0.25) is 5.02 Å². The van der Waals surface area contributed by atoms with E-state index in [0.29, 0.717) is 22.5 Å². The molecule has 28 heavy (non-hydrogen) atoms. The summed E-state index contributed by atoms with van der Waals surface area (Å²) >= 11 is 5.90. The summed E-state index contributed by atoms with van der Waals surface area (Å²) in [7, 11) is 1.59. The maximum absolute atomic E-state index is 13.9. The van der Waals surface area contributed by atoms with Crippen LogP contribution in [0.5, 0.6) is 0 Å². The van der Waals surface area contributed by atoms with Gasteiger partial charge in [0.05, 0.1) is 15.9 Å². The van der Waals surface area contributed by atoms with Gasteiger partial charge in [-0.15, -0.1) is 10.2 Å². The van der Waals surface area contributed by atoms with Crippen LogP contribution in [0.4, 0.5) is 4.39 Å². The van der Waals surface area contributed by atoms with Crippen molar-refractivity contribution in [3.63, 3.8) is 0 Å². The van der Waals surface area contributed by atoms with Crippen LogP contribution >= 0.6 is 11.6 Å². The average molecular weight is 401 g/mol. The third kappa shape index (κ3) is 2.82. The molecule has 0 bridgehead atoms. The fourth-order valence-electron chi connectivity index (χ4n) is 3.05. The van der Waals surface area contributed by atoms with Crippen LogP contribution in [0.25, 0.3) is 16.7 Å². The summed E-state index contributed by atoms with van der Waals surface area (Å²) in [5, 5.41) is 8.49. The third-order valence-corrected chi connectivity index (χ3v) is 4.76. The summed E-state index contributed by atoms with van der Waals surface area (Å²) in [4.78, 5) is 24.9. The van der Waals surface area contributed by atoms with Gasteiger partial charge in [0.1, 0.15) is 11.4 Å². The van der Waals surface area contributed by atoms with Gasteiger partial charge in [-0.3, -0.25) is 13.8 Å². The number of esters is 1. The standard InChI is InChI=1S/C19H14ClFN4O3/c1-10-6-7-14-11(8-10)17(26)24(2)19-23-22-15(25(14)19)9-28-18(27)16-12(20)4-3-5-13(16)21/h3-8H,9H2,1-2H3. The number of benzene rings is 2. The van der Waals surface area contributed by atoms with E-state index >= 15 is 0 Å². The maximum Gasteiger partial charge on any atom is 0.343 e. The highest BCUT2D eigenvalue weighted by molar-refractivity contribution is 6.33. The summed E-state index contributed by atoms with van der Waals surface area (Å²) in [6.45, 7) is 1.61. The molecule has 0 fully saturated rings. The van der Waals surface area contributed by atoms with Gasteiger partial charge in [-0.25, -0.2) is 9.18 Å². The van der Waals surface area contributed by atoms with E-state index in [-0.39, 0.29) is 22.8 Å². The zero-order valence-electron chi connectivity index (χ0n) is 14.9. The number of hydrogen-bond acceptors (Lipinski definition) is 5. The molecule has 4 rings (SSSR count). The number of aryl methyl sites for hydroxylation is 2. The summed E-state index contributed by atoms with van der Waals surface area (Å²) in [5.74, 6) is -1.09. The molecule has 0 aliphatic rings. The van der Waals surface area contributed by atoms with Crippen molar-refractivity contribution in [1.29, 1.82) is 0 Å². The smallest absolute Gasteiger partial charge is 0.343 e. The highest BCUT2D eigenvalue weighted by Gasteiger charge is 2.20. The number of fused-ring (bicyclic) bond motifs is 3. The quantitative estimate of drug-likeness (QED) is 0.494. The molecule has 9 heteroatoms. The van der Waals surface area contributed by atoms with Crippen molar-refractivity contribution in [1.82, 2.24) is 19.2 Å². The van der Waals surface area contributed by atoms with E-state index in [1.165, 1.54) is 16.7 Å². The normalized spacial score (nSPS) is 11.3. The maximum atomic E-state index is 13.9. The van der Waals surface area contributed by atoms with E-state index in [1.54, 1.807) is 23.6 Å². The first-order valence-corrected chi connectivity index (χ1v) is 8.71. The van der Waals surface area contributed by atoms with Gasteiger partial charge in [0.2, 0.25) is 5.78 Å². The van der Waals surface area contributed by atoms with Crippen molar-refractivity contribution in [2.24, 2.45) is 7.05 Å². The molecule has 2 aromatic heterocycles. The van der Waals surface area contributed by atoms with Gasteiger partial charge >= 0.3 is 5.97 Å². The van der Waals surface area contributed by atoms with E-state index < -0.39 is 11.8 Å². The first-order valence-electron chi connectivity index (χ1n) is 8.33. The van der Waals surface area contributed by atoms with Crippen molar-refractivity contribution >= 4 is 34.3 Å². The predicted octanol–water partition coefficient (Wildman–Crippen LogP) is 3.04. The first-order chi connectivity index (χ1) is 13.4. The summed E-state index contributed by atoms with van der Waals surface area (Å²) < 4.78 is 22.1. The third-order valence-electron chi connectivity index (χ3n) is 4.44. The van der Waals surface area contributed by atoms with Crippen molar-refractivity contribution in [2.45, 2.75) is 13.5 Å². The lowest BCUT2D eigenvalue weighted by atomic mass is 10.1. The summed E-state index contributed by atoms with van der Waals surface area (Å²) in [6.07, 6.45) is 0. The highest BCUT2D eigenvalue weighted by Crippen LogP contribution is 2.21. The topological polar surface area (TPSA) is 78.5 Å². The van der Waals surface area contributed by atoms with Crippen LogP contribution in [-0.4, -0.2) is 25.1 Å². The second-order valence-electron chi connectivity index (χ2n) is 6.31. The highest BCUT2D eigenvalue weighted by atomic mass is 35.5. The van der Waals surface area contributed by atoms with E-state index in [0.717, 1.165) is 11.6 Å². The molecule has 0 saturated heterocycles. The van der Waals surface area contributed by atoms with E-state index in [2.05, 4.69) is 10.2 Å². The number of nitrogens with zero attached hydrogens (tertiary/aromatic N) is 4. The molecule has 0 N–H and O–H groups in total. The van der Waals surface area contributed by atoms with Gasteiger partial charge < -0.3 is 4.74 Å². The van der Waals surface area contributed by atoms with Crippen LogP contribution in [-0.2, 0) is 18.4 Å². The Labute approximate surface area is 162 Å². The number of ether oxygens (including phenoxy) is 1. The summed E-state index contributed by atoms with van der Waals surface area (Å²) in [5.41, 5.74) is 0.967. The Bertz CT molecular complexity index is 1290. The fourth-order valence-corrected chi connectivity index (χ4v) is 3.29. The Morgan fingerprint density at radius 1 is 1.25 bits per heavy atom. The lowest BCUT2D eigenvalue weighted by Crippen LogP contribution is -2.20. The first kappa shape index (κ1) is 18.1. The minimum Gasteiger partial charge on any atom is -0.454 e. The zero-order chi connectivity index (χ0) is 20.0. The number of carbonyl (C=O) groups excluding carboxylic acids is 1. The Balaban J connectivity index is 1.77. The fraction of sp³-hybridized carbons (Fsp3) is 0.158. The summed E-state index contributed by atoms with van der Waals surface area (Å²) in [6, 6.07) is 9.33. The van der Waals surface area contributed by atoms with Gasteiger partial charge in [-0.2, -0.15) is 0 Å². The molecule has 0 radical (unpaired) electrons. The van der Waals surface area contributed by atoms with Crippen LogP contribution in [0.1, 0.15) is 21.7 Å². The van der Waals surface area contributed by atoms with Crippen LogP contribution < -0.4 is 5.56 Å². The predicted molar refractivity (Wildman–Crippen MR) is 101 cm³/mol. The van der Waals surface area contributed by atoms with Crippen molar-refractivity contribution in [3.8, 4) is 0 Å². The Morgan fingerprint density at radius 3 is 2.79 bits per heavy atom. The lowest BCUT2D eigenvalue weighted by Gasteiger charge is -2.09. The Kier molecular flexibility index (Phi) is 4.35. The SMILES string of the molecule is Cc1ccc2c(c1)c(=O)n(C)c1nnc(COC(=O)c3c(F)cccc3Cl)n21. The Hall–Kier alpha value is -3.26. The van der Waals surface area contributed by atoms with E-state index in [1.807, 2.05) is 13.0 Å². The molecule has 2 heterocycles. The minimum atomic E-state index is -0.912. The molecule has 0 unspecified atom stereocenters. The number of rotatable bonds is 3. The van der Waals surface area contributed by atoms with Crippen LogP contribution in [0.15, 0.2) is 41.2 Å². The lowest BCUT2D eigenvalue weighted by molar-refractivity contribution is 0.0456. The van der Waals surface area contributed by atoms with Gasteiger partial charge in [-0.05, 0) is 31.2 Å². The molecule has 4 aromatic rings. The molecule has 0 aliphatic carbocycles. The molecule has 2 aromatic carbocycles. The number of halogens is 2.